The second-order valence-electron chi connectivity index (χ2n) is 7.44. The number of amides is 1. The van der Waals surface area contributed by atoms with Crippen molar-refractivity contribution in [1.82, 2.24) is 20.1 Å². The van der Waals surface area contributed by atoms with Crippen molar-refractivity contribution in [3.05, 3.63) is 102 Å². The summed E-state index contributed by atoms with van der Waals surface area (Å²) < 4.78 is 1.50. The van der Waals surface area contributed by atoms with Crippen LogP contribution in [0.25, 0.3) is 17.1 Å². The number of nitrogens with one attached hydrogen (secondary N) is 1. The minimum absolute atomic E-state index is 0.148. The maximum Gasteiger partial charge on any atom is 0.334 e. The van der Waals surface area contributed by atoms with Crippen molar-refractivity contribution in [2.45, 2.75) is 18.6 Å². The molecule has 3 N–H and O–H groups in total. The van der Waals surface area contributed by atoms with Gasteiger partial charge in [0.2, 0.25) is 0 Å². The van der Waals surface area contributed by atoms with Crippen LogP contribution >= 0.6 is 0 Å². The Balaban J connectivity index is 1.61. The summed E-state index contributed by atoms with van der Waals surface area (Å²) >= 11 is 0. The molecule has 0 fully saturated rings. The Bertz CT molecular complexity index is 1240. The number of aromatic nitrogens is 3. The first kappa shape index (κ1) is 21.9. The van der Waals surface area contributed by atoms with Crippen LogP contribution in [0.3, 0.4) is 0 Å². The predicted molar refractivity (Wildman–Crippen MR) is 122 cm³/mol. The number of hydrogen-bond donors (Lipinski definition) is 3. The van der Waals surface area contributed by atoms with Crippen molar-refractivity contribution >= 4 is 11.9 Å². The van der Waals surface area contributed by atoms with Gasteiger partial charge in [-0.25, -0.2) is 14.5 Å². The smallest absolute Gasteiger partial charge is 0.334 e. The number of carboxylic acids is 1. The molecule has 0 saturated carbocycles. The van der Waals surface area contributed by atoms with Gasteiger partial charge in [0.1, 0.15) is 0 Å². The van der Waals surface area contributed by atoms with E-state index in [2.05, 4.69) is 15.4 Å². The number of rotatable bonds is 8. The molecule has 0 aliphatic rings. The van der Waals surface area contributed by atoms with E-state index in [0.29, 0.717) is 5.82 Å². The molecule has 8 heteroatoms. The van der Waals surface area contributed by atoms with E-state index in [1.54, 1.807) is 36.7 Å². The molecule has 2 aromatic carbocycles. The van der Waals surface area contributed by atoms with Crippen LogP contribution in [0.4, 0.5) is 0 Å². The summed E-state index contributed by atoms with van der Waals surface area (Å²) in [5.41, 5.74) is 2.63. The lowest BCUT2D eigenvalue weighted by molar-refractivity contribution is -0.148. The third kappa shape index (κ3) is 5.13. The van der Waals surface area contributed by atoms with Crippen LogP contribution in [0.1, 0.15) is 15.9 Å². The van der Waals surface area contributed by atoms with Crippen LogP contribution in [0.15, 0.2) is 91.3 Å². The van der Waals surface area contributed by atoms with Crippen molar-refractivity contribution < 1.29 is 19.8 Å². The molecule has 0 bridgehead atoms. The number of aliphatic hydroxyl groups is 1. The number of pyridine rings is 1. The zero-order chi connectivity index (χ0) is 23.2. The van der Waals surface area contributed by atoms with Gasteiger partial charge in [-0.1, -0.05) is 60.7 Å². The molecule has 4 aromatic rings. The van der Waals surface area contributed by atoms with Crippen LogP contribution in [-0.2, 0) is 11.2 Å². The SMILES string of the molecule is O=C(NC(Cc1ccccc1)C(O)C(=O)O)c1cccnc1-n1ccc(-c2ccccc2)n1. The summed E-state index contributed by atoms with van der Waals surface area (Å²) in [5.74, 6) is -1.68. The summed E-state index contributed by atoms with van der Waals surface area (Å²) in [6.45, 7) is 0. The summed E-state index contributed by atoms with van der Waals surface area (Å²) in [4.78, 5) is 28.9. The van der Waals surface area contributed by atoms with Gasteiger partial charge in [-0.05, 0) is 30.2 Å². The van der Waals surface area contributed by atoms with E-state index in [0.717, 1.165) is 16.8 Å². The number of benzene rings is 2. The van der Waals surface area contributed by atoms with Crippen LogP contribution < -0.4 is 5.32 Å². The van der Waals surface area contributed by atoms with Crippen molar-refractivity contribution in [3.63, 3.8) is 0 Å². The van der Waals surface area contributed by atoms with Gasteiger partial charge in [-0.15, -0.1) is 0 Å². The Morgan fingerprint density at radius 1 is 0.939 bits per heavy atom. The largest absolute Gasteiger partial charge is 0.479 e. The lowest BCUT2D eigenvalue weighted by Gasteiger charge is -2.22. The molecule has 1 amide bonds. The van der Waals surface area contributed by atoms with Gasteiger partial charge in [-0.3, -0.25) is 4.79 Å². The Morgan fingerprint density at radius 2 is 1.64 bits per heavy atom. The lowest BCUT2D eigenvalue weighted by Crippen LogP contribution is -2.48. The monoisotopic (exact) mass is 442 g/mol. The van der Waals surface area contributed by atoms with Gasteiger partial charge in [0, 0.05) is 18.0 Å². The number of aliphatic hydroxyl groups excluding tert-OH is 1. The lowest BCUT2D eigenvalue weighted by atomic mass is 10.0. The molecule has 4 rings (SSSR count). The van der Waals surface area contributed by atoms with E-state index in [4.69, 9.17) is 0 Å². The molecule has 2 heterocycles. The first-order chi connectivity index (χ1) is 16.0. The topological polar surface area (TPSA) is 117 Å². The number of hydrogen-bond acceptors (Lipinski definition) is 5. The fraction of sp³-hybridized carbons (Fsp3) is 0.120. The average molecular weight is 442 g/mol. The molecule has 33 heavy (non-hydrogen) atoms. The molecule has 166 valence electrons. The quantitative estimate of drug-likeness (QED) is 0.386. The van der Waals surface area contributed by atoms with Crippen molar-refractivity contribution in [3.8, 4) is 17.1 Å². The number of carboxylic acid groups (broad SMARTS) is 1. The maximum absolute atomic E-state index is 13.1. The highest BCUT2D eigenvalue weighted by Gasteiger charge is 2.29. The molecule has 2 unspecified atom stereocenters. The van der Waals surface area contributed by atoms with E-state index in [1.165, 1.54) is 4.68 Å². The van der Waals surface area contributed by atoms with E-state index in [-0.39, 0.29) is 12.0 Å². The van der Waals surface area contributed by atoms with E-state index < -0.39 is 24.0 Å². The molecule has 0 aliphatic carbocycles. The molecular formula is C25H22N4O4. The van der Waals surface area contributed by atoms with Gasteiger partial charge in [0.25, 0.3) is 5.91 Å². The summed E-state index contributed by atoms with van der Waals surface area (Å²) in [6, 6.07) is 22.6. The third-order valence-electron chi connectivity index (χ3n) is 5.16. The number of nitrogens with zero attached hydrogens (tertiary/aromatic N) is 3. The molecule has 0 aliphatic heterocycles. The minimum atomic E-state index is -1.77. The third-order valence-corrected chi connectivity index (χ3v) is 5.16. The predicted octanol–water partition coefficient (Wildman–Crippen LogP) is 2.72. The summed E-state index contributed by atoms with van der Waals surface area (Å²) in [6.07, 6.45) is 1.62. The molecule has 8 nitrogen and oxygen atoms in total. The van der Waals surface area contributed by atoms with Crippen LogP contribution in [0.2, 0.25) is 0 Å². The highest BCUT2D eigenvalue weighted by molar-refractivity contribution is 5.97. The summed E-state index contributed by atoms with van der Waals surface area (Å²) in [5, 5.41) is 26.7. The Hall–Kier alpha value is -4.30. The van der Waals surface area contributed by atoms with Crippen molar-refractivity contribution in [1.29, 1.82) is 0 Å². The second kappa shape index (κ2) is 9.88. The van der Waals surface area contributed by atoms with Crippen LogP contribution in [0.5, 0.6) is 0 Å². The maximum atomic E-state index is 13.1. The van der Waals surface area contributed by atoms with Gasteiger partial charge in [-0.2, -0.15) is 5.10 Å². The number of carbonyl (C=O) groups excluding carboxylic acids is 1. The van der Waals surface area contributed by atoms with Crippen LogP contribution in [0, 0.1) is 0 Å². The average Bonchev–Trinajstić information content (AvgIpc) is 3.34. The van der Waals surface area contributed by atoms with E-state index >= 15 is 0 Å². The minimum Gasteiger partial charge on any atom is -0.479 e. The first-order valence-corrected chi connectivity index (χ1v) is 10.3. The normalized spacial score (nSPS) is 12.6. The zero-order valence-corrected chi connectivity index (χ0v) is 17.6. The Morgan fingerprint density at radius 3 is 2.33 bits per heavy atom. The van der Waals surface area contributed by atoms with Crippen molar-refractivity contribution in [2.24, 2.45) is 0 Å². The Labute approximate surface area is 190 Å². The fourth-order valence-corrected chi connectivity index (χ4v) is 3.49. The molecule has 2 aromatic heterocycles. The molecular weight excluding hydrogens is 420 g/mol. The van der Waals surface area contributed by atoms with Gasteiger partial charge < -0.3 is 15.5 Å². The van der Waals surface area contributed by atoms with Crippen LogP contribution in [-0.4, -0.2) is 49.0 Å². The van der Waals surface area contributed by atoms with Gasteiger partial charge in [0.05, 0.1) is 17.3 Å². The highest BCUT2D eigenvalue weighted by Crippen LogP contribution is 2.19. The van der Waals surface area contributed by atoms with E-state index in [1.807, 2.05) is 54.6 Å². The molecule has 2 atom stereocenters. The number of aliphatic carboxylic acids is 1. The highest BCUT2D eigenvalue weighted by atomic mass is 16.4. The van der Waals surface area contributed by atoms with Crippen molar-refractivity contribution in [2.75, 3.05) is 0 Å². The van der Waals surface area contributed by atoms with E-state index in [9.17, 15) is 19.8 Å². The fourth-order valence-electron chi connectivity index (χ4n) is 3.49. The summed E-state index contributed by atoms with van der Waals surface area (Å²) in [7, 11) is 0. The number of carbonyl (C=O) groups is 2. The second-order valence-corrected chi connectivity index (χ2v) is 7.44. The van der Waals surface area contributed by atoms with Gasteiger partial charge in [0.15, 0.2) is 11.9 Å². The molecule has 0 radical (unpaired) electrons. The zero-order valence-electron chi connectivity index (χ0n) is 17.6. The molecule has 0 spiro atoms. The molecule has 0 saturated heterocycles. The van der Waals surface area contributed by atoms with Gasteiger partial charge >= 0.3 is 5.97 Å². The standard InChI is InChI=1S/C25H22N4O4/c30-22(25(32)33)21(16-17-8-3-1-4-9-17)27-24(31)19-12-7-14-26-23(19)29-15-13-20(28-29)18-10-5-2-6-11-18/h1-15,21-22,30H,16H2,(H,27,31)(H,32,33). The Kier molecular flexibility index (Phi) is 6.56. The first-order valence-electron chi connectivity index (χ1n) is 10.3.